The van der Waals surface area contributed by atoms with Gasteiger partial charge >= 0.3 is 12.1 Å². The zero-order valence-electron chi connectivity index (χ0n) is 13.2. The molecule has 0 aromatic carbocycles. The summed E-state index contributed by atoms with van der Waals surface area (Å²) in [6, 6.07) is -0.110. The van der Waals surface area contributed by atoms with E-state index in [0.29, 0.717) is 18.5 Å². The third kappa shape index (κ3) is 4.02. The zero-order valence-corrected chi connectivity index (χ0v) is 13.2. The molecule has 1 aliphatic carbocycles. The number of nitrogens with one attached hydrogen (secondary N) is 3. The maximum atomic E-state index is 12.1. The smallest absolute Gasteiger partial charge is 0.317 e. The molecular formula is C15H28N4O2. The number of carbonyl (C=O) groups excluding carboxylic acids is 2. The molecule has 0 aromatic heterocycles. The molecule has 1 saturated heterocycles. The Morgan fingerprint density at radius 1 is 1.19 bits per heavy atom. The van der Waals surface area contributed by atoms with E-state index in [-0.39, 0.29) is 18.1 Å². The van der Waals surface area contributed by atoms with Crippen molar-refractivity contribution in [3.05, 3.63) is 0 Å². The molecule has 1 saturated carbocycles. The minimum atomic E-state index is -0.188. The summed E-state index contributed by atoms with van der Waals surface area (Å²) < 4.78 is 0. The van der Waals surface area contributed by atoms with Gasteiger partial charge in [0, 0.05) is 26.7 Å². The molecule has 6 nitrogen and oxygen atoms in total. The van der Waals surface area contributed by atoms with Crippen molar-refractivity contribution in [1.82, 2.24) is 20.9 Å². The molecule has 0 aromatic rings. The molecule has 21 heavy (non-hydrogen) atoms. The van der Waals surface area contributed by atoms with Gasteiger partial charge in [-0.2, -0.15) is 0 Å². The summed E-state index contributed by atoms with van der Waals surface area (Å²) in [7, 11) is 1.59. The molecule has 1 aliphatic heterocycles. The lowest BCUT2D eigenvalue weighted by atomic mass is 9.72. The van der Waals surface area contributed by atoms with Gasteiger partial charge in [0.25, 0.3) is 0 Å². The average molecular weight is 296 g/mol. The van der Waals surface area contributed by atoms with E-state index >= 15 is 0 Å². The van der Waals surface area contributed by atoms with Gasteiger partial charge in [-0.05, 0) is 24.7 Å². The molecule has 2 aliphatic rings. The first-order valence-corrected chi connectivity index (χ1v) is 8.09. The van der Waals surface area contributed by atoms with E-state index < -0.39 is 0 Å². The molecule has 120 valence electrons. The number of nitrogens with zero attached hydrogens (tertiary/aromatic N) is 1. The van der Waals surface area contributed by atoms with Crippen LogP contribution in [0, 0.1) is 5.41 Å². The first-order valence-electron chi connectivity index (χ1n) is 8.09. The minimum absolute atomic E-state index is 0.00311. The molecule has 0 atom stereocenters. The number of amides is 4. The highest BCUT2D eigenvalue weighted by molar-refractivity contribution is 5.77. The summed E-state index contributed by atoms with van der Waals surface area (Å²) in [5.74, 6) is 0. The Morgan fingerprint density at radius 3 is 2.43 bits per heavy atom. The van der Waals surface area contributed by atoms with Gasteiger partial charge in [0.2, 0.25) is 0 Å². The van der Waals surface area contributed by atoms with Crippen LogP contribution in [0.3, 0.4) is 0 Å². The van der Waals surface area contributed by atoms with Gasteiger partial charge in [0.15, 0.2) is 0 Å². The molecule has 0 radical (unpaired) electrons. The molecule has 0 unspecified atom stereocenters. The van der Waals surface area contributed by atoms with Gasteiger partial charge in [0.1, 0.15) is 0 Å². The van der Waals surface area contributed by atoms with Crippen LogP contribution in [0.5, 0.6) is 0 Å². The molecule has 1 heterocycles. The Labute approximate surface area is 127 Å². The summed E-state index contributed by atoms with van der Waals surface area (Å²) in [6.45, 7) is 4.20. The predicted octanol–water partition coefficient (Wildman–Crippen LogP) is 1.67. The van der Waals surface area contributed by atoms with Crippen molar-refractivity contribution >= 4 is 12.1 Å². The largest absolute Gasteiger partial charge is 0.341 e. The maximum Gasteiger partial charge on any atom is 0.317 e. The summed E-state index contributed by atoms with van der Waals surface area (Å²) >= 11 is 0. The minimum Gasteiger partial charge on any atom is -0.341 e. The Morgan fingerprint density at radius 2 is 1.86 bits per heavy atom. The van der Waals surface area contributed by atoms with Crippen molar-refractivity contribution in [2.24, 2.45) is 5.41 Å². The number of hydrogen-bond donors (Lipinski definition) is 3. The number of urea groups is 2. The van der Waals surface area contributed by atoms with Crippen LogP contribution >= 0.6 is 0 Å². The number of hydrogen-bond acceptors (Lipinski definition) is 2. The first-order chi connectivity index (χ1) is 10.1. The van der Waals surface area contributed by atoms with Crippen LogP contribution < -0.4 is 16.0 Å². The fourth-order valence-electron chi connectivity index (χ4n) is 3.33. The van der Waals surface area contributed by atoms with Gasteiger partial charge in [0.05, 0.1) is 6.04 Å². The monoisotopic (exact) mass is 296 g/mol. The van der Waals surface area contributed by atoms with Crippen LogP contribution in [0.15, 0.2) is 0 Å². The van der Waals surface area contributed by atoms with Crippen LogP contribution in [0.4, 0.5) is 9.59 Å². The zero-order chi connectivity index (χ0) is 15.3. The highest BCUT2D eigenvalue weighted by atomic mass is 16.2. The Bertz CT molecular complexity index is 374. The van der Waals surface area contributed by atoms with E-state index in [9.17, 15) is 9.59 Å². The Kier molecular flexibility index (Phi) is 5.31. The third-order valence-corrected chi connectivity index (χ3v) is 5.01. The van der Waals surface area contributed by atoms with Crippen molar-refractivity contribution in [1.29, 1.82) is 0 Å². The van der Waals surface area contributed by atoms with Gasteiger partial charge in [-0.1, -0.05) is 26.2 Å². The van der Waals surface area contributed by atoms with Crippen molar-refractivity contribution in [3.8, 4) is 0 Å². The standard InChI is InChI=1S/C15H28N4O2/c1-3-15(7-5-4-6-8-15)11-17-14(21)19-9-12(10-19)18-13(20)16-2/h12H,3-11H2,1-2H3,(H,17,21)(H2,16,18,20). The van der Waals surface area contributed by atoms with Gasteiger partial charge < -0.3 is 20.9 Å². The van der Waals surface area contributed by atoms with E-state index in [1.165, 1.54) is 32.1 Å². The lowest BCUT2D eigenvalue weighted by molar-refractivity contribution is 0.126. The molecule has 4 amide bonds. The second kappa shape index (κ2) is 7.00. The normalized spacial score (nSPS) is 21.3. The van der Waals surface area contributed by atoms with Crippen LogP contribution in [-0.2, 0) is 0 Å². The second-order valence-electron chi connectivity index (χ2n) is 6.40. The van der Waals surface area contributed by atoms with Crippen molar-refractivity contribution < 1.29 is 9.59 Å². The quantitative estimate of drug-likeness (QED) is 0.738. The summed E-state index contributed by atoms with van der Waals surface area (Å²) in [5.41, 5.74) is 0.304. The van der Waals surface area contributed by atoms with E-state index in [4.69, 9.17) is 0 Å². The van der Waals surface area contributed by atoms with Crippen LogP contribution in [-0.4, -0.2) is 49.7 Å². The topological polar surface area (TPSA) is 73.5 Å². The van der Waals surface area contributed by atoms with Crippen LogP contribution in [0.1, 0.15) is 45.4 Å². The van der Waals surface area contributed by atoms with E-state index in [2.05, 4.69) is 22.9 Å². The number of carbonyl (C=O) groups is 2. The van der Waals surface area contributed by atoms with E-state index in [1.54, 1.807) is 11.9 Å². The molecular weight excluding hydrogens is 268 g/mol. The fraction of sp³-hybridized carbons (Fsp3) is 0.867. The molecule has 0 spiro atoms. The lowest BCUT2D eigenvalue weighted by Crippen LogP contribution is -2.64. The number of likely N-dealkylation sites (tertiary alicyclic amines) is 1. The molecule has 3 N–H and O–H groups in total. The molecule has 0 bridgehead atoms. The van der Waals surface area contributed by atoms with Crippen molar-refractivity contribution in [3.63, 3.8) is 0 Å². The Hall–Kier alpha value is -1.46. The van der Waals surface area contributed by atoms with Crippen LogP contribution in [0.25, 0.3) is 0 Å². The lowest BCUT2D eigenvalue weighted by Gasteiger charge is -2.41. The van der Waals surface area contributed by atoms with Crippen molar-refractivity contribution in [2.75, 3.05) is 26.7 Å². The fourth-order valence-corrected chi connectivity index (χ4v) is 3.33. The van der Waals surface area contributed by atoms with Gasteiger partial charge in [-0.25, -0.2) is 9.59 Å². The average Bonchev–Trinajstić information content (AvgIpc) is 2.48. The molecule has 2 rings (SSSR count). The van der Waals surface area contributed by atoms with Crippen LogP contribution in [0.2, 0.25) is 0 Å². The Balaban J connectivity index is 1.70. The highest BCUT2D eigenvalue weighted by Gasteiger charge is 2.34. The van der Waals surface area contributed by atoms with Gasteiger partial charge in [-0.15, -0.1) is 0 Å². The molecule has 6 heteroatoms. The predicted molar refractivity (Wildman–Crippen MR) is 82.2 cm³/mol. The summed E-state index contributed by atoms with van der Waals surface area (Å²) in [4.78, 5) is 25.0. The second-order valence-corrected chi connectivity index (χ2v) is 6.40. The summed E-state index contributed by atoms with van der Waals surface area (Å²) in [5, 5.41) is 8.42. The molecule has 2 fully saturated rings. The third-order valence-electron chi connectivity index (χ3n) is 5.01. The number of rotatable bonds is 4. The maximum absolute atomic E-state index is 12.1. The van der Waals surface area contributed by atoms with E-state index in [1.807, 2.05) is 0 Å². The highest BCUT2D eigenvalue weighted by Crippen LogP contribution is 2.38. The SMILES string of the molecule is CCC1(CNC(=O)N2CC(NC(=O)NC)C2)CCCCC1. The van der Waals surface area contributed by atoms with Crippen molar-refractivity contribution in [2.45, 2.75) is 51.5 Å². The van der Waals surface area contributed by atoms with E-state index in [0.717, 1.165) is 13.0 Å². The summed E-state index contributed by atoms with van der Waals surface area (Å²) in [6.07, 6.45) is 7.48. The van der Waals surface area contributed by atoms with Gasteiger partial charge in [-0.3, -0.25) is 0 Å². The first kappa shape index (κ1) is 15.9.